The third-order valence-electron chi connectivity index (χ3n) is 3.07. The van der Waals surface area contributed by atoms with Crippen molar-refractivity contribution in [2.45, 2.75) is 25.3 Å². The molecule has 1 heterocycles. The number of amides is 2. The number of benzene rings is 1. The molecule has 1 atom stereocenters. The van der Waals surface area contributed by atoms with E-state index < -0.39 is 5.97 Å². The van der Waals surface area contributed by atoms with Gasteiger partial charge in [-0.25, -0.2) is 4.79 Å². The summed E-state index contributed by atoms with van der Waals surface area (Å²) in [7, 11) is 0. The molecule has 0 saturated carbocycles. The van der Waals surface area contributed by atoms with E-state index in [2.05, 4.69) is 5.32 Å². The lowest BCUT2D eigenvalue weighted by atomic mass is 10.1. The molecule has 0 bridgehead atoms. The topological polar surface area (TPSA) is 69.6 Å². The van der Waals surface area contributed by atoms with Gasteiger partial charge in [-0.2, -0.15) is 0 Å². The van der Waals surface area contributed by atoms with Gasteiger partial charge in [-0.15, -0.1) is 0 Å². The Balaban J connectivity index is 1.98. The molecule has 1 unspecified atom stereocenters. The third-order valence-corrected chi connectivity index (χ3v) is 3.07. The first-order valence-corrected chi connectivity index (χ1v) is 6.01. The molecule has 1 aliphatic heterocycles. The number of hydrogen-bond donors (Lipinski definition) is 2. The van der Waals surface area contributed by atoms with Gasteiger partial charge in [0.1, 0.15) is 0 Å². The van der Waals surface area contributed by atoms with Crippen molar-refractivity contribution in [3.8, 4) is 0 Å². The highest BCUT2D eigenvalue weighted by atomic mass is 16.4. The first kappa shape index (κ1) is 12.4. The molecule has 0 aromatic heterocycles. The summed E-state index contributed by atoms with van der Waals surface area (Å²) in [5, 5.41) is 11.6. The molecular weight excluding hydrogens is 232 g/mol. The zero-order valence-corrected chi connectivity index (χ0v) is 10.0. The van der Waals surface area contributed by atoms with Gasteiger partial charge in [-0.05, 0) is 25.0 Å². The Kier molecular flexibility index (Phi) is 3.82. The minimum absolute atomic E-state index is 0.0161. The number of anilines is 1. The third kappa shape index (κ3) is 3.00. The number of nitrogens with zero attached hydrogens (tertiary/aromatic N) is 1. The summed E-state index contributed by atoms with van der Waals surface area (Å²) in [4.78, 5) is 24.4. The largest absolute Gasteiger partial charge is 0.481 e. The molecule has 2 amide bonds. The Morgan fingerprint density at radius 3 is 2.72 bits per heavy atom. The standard InChI is InChI=1S/C13H16N2O3/c16-12(17)9-11-7-4-8-15(11)13(18)14-10-5-2-1-3-6-10/h1-3,5-6,11H,4,7-9H2,(H,14,18)(H,16,17). The van der Waals surface area contributed by atoms with Crippen molar-refractivity contribution in [2.75, 3.05) is 11.9 Å². The molecular formula is C13H16N2O3. The van der Waals surface area contributed by atoms with Gasteiger partial charge in [0, 0.05) is 18.3 Å². The van der Waals surface area contributed by atoms with Crippen LogP contribution in [0, 0.1) is 0 Å². The summed E-state index contributed by atoms with van der Waals surface area (Å²) >= 11 is 0. The predicted octanol–water partition coefficient (Wildman–Crippen LogP) is 2.16. The Morgan fingerprint density at radius 2 is 2.06 bits per heavy atom. The second-order valence-corrected chi connectivity index (χ2v) is 4.38. The van der Waals surface area contributed by atoms with Crippen LogP contribution in [0.25, 0.3) is 0 Å². The summed E-state index contributed by atoms with van der Waals surface area (Å²) < 4.78 is 0. The van der Waals surface area contributed by atoms with Crippen LogP contribution in [0.3, 0.4) is 0 Å². The van der Waals surface area contributed by atoms with Gasteiger partial charge in [0.25, 0.3) is 0 Å². The van der Waals surface area contributed by atoms with E-state index in [0.29, 0.717) is 6.54 Å². The summed E-state index contributed by atoms with van der Waals surface area (Å²) in [6.45, 7) is 0.622. The van der Waals surface area contributed by atoms with Crippen molar-refractivity contribution in [1.29, 1.82) is 0 Å². The smallest absolute Gasteiger partial charge is 0.322 e. The number of rotatable bonds is 3. The highest BCUT2D eigenvalue weighted by Gasteiger charge is 2.30. The lowest BCUT2D eigenvalue weighted by Crippen LogP contribution is -2.39. The van der Waals surface area contributed by atoms with Crippen LogP contribution in [0.1, 0.15) is 19.3 Å². The molecule has 0 spiro atoms. The summed E-state index contributed by atoms with van der Waals surface area (Å²) in [5.41, 5.74) is 0.725. The molecule has 1 fully saturated rings. The lowest BCUT2D eigenvalue weighted by Gasteiger charge is -2.23. The molecule has 0 radical (unpaired) electrons. The highest BCUT2D eigenvalue weighted by Crippen LogP contribution is 2.21. The van der Waals surface area contributed by atoms with Crippen LogP contribution in [-0.4, -0.2) is 34.6 Å². The first-order chi connectivity index (χ1) is 8.66. The number of nitrogens with one attached hydrogen (secondary N) is 1. The molecule has 5 nitrogen and oxygen atoms in total. The number of likely N-dealkylation sites (tertiary alicyclic amines) is 1. The van der Waals surface area contributed by atoms with Crippen LogP contribution in [0.5, 0.6) is 0 Å². The van der Waals surface area contributed by atoms with Gasteiger partial charge < -0.3 is 15.3 Å². The number of carboxylic acids is 1. The van der Waals surface area contributed by atoms with E-state index in [4.69, 9.17) is 5.11 Å². The van der Waals surface area contributed by atoms with Crippen molar-refractivity contribution in [2.24, 2.45) is 0 Å². The molecule has 1 aromatic carbocycles. The van der Waals surface area contributed by atoms with Crippen molar-refractivity contribution in [1.82, 2.24) is 4.90 Å². The maximum atomic E-state index is 12.0. The van der Waals surface area contributed by atoms with Gasteiger partial charge in [0.2, 0.25) is 0 Å². The second kappa shape index (κ2) is 5.53. The highest BCUT2D eigenvalue weighted by molar-refractivity contribution is 5.90. The Morgan fingerprint density at radius 1 is 1.33 bits per heavy atom. The average Bonchev–Trinajstić information content (AvgIpc) is 2.77. The summed E-state index contributed by atoms with van der Waals surface area (Å²) in [5.74, 6) is -0.862. The zero-order chi connectivity index (χ0) is 13.0. The number of hydrogen-bond acceptors (Lipinski definition) is 2. The van der Waals surface area contributed by atoms with E-state index in [-0.39, 0.29) is 18.5 Å². The lowest BCUT2D eigenvalue weighted by molar-refractivity contribution is -0.137. The fourth-order valence-electron chi connectivity index (χ4n) is 2.23. The SMILES string of the molecule is O=C(O)CC1CCCN1C(=O)Nc1ccccc1. The molecule has 2 rings (SSSR count). The predicted molar refractivity (Wildman–Crippen MR) is 67.4 cm³/mol. The number of carbonyl (C=O) groups excluding carboxylic acids is 1. The Bertz CT molecular complexity index is 433. The van der Waals surface area contributed by atoms with Crippen molar-refractivity contribution in [3.05, 3.63) is 30.3 Å². The zero-order valence-electron chi connectivity index (χ0n) is 10.0. The molecule has 2 N–H and O–H groups in total. The first-order valence-electron chi connectivity index (χ1n) is 6.01. The van der Waals surface area contributed by atoms with Crippen LogP contribution in [0.2, 0.25) is 0 Å². The van der Waals surface area contributed by atoms with E-state index in [9.17, 15) is 9.59 Å². The van der Waals surface area contributed by atoms with Crippen LogP contribution in [0.4, 0.5) is 10.5 Å². The molecule has 96 valence electrons. The van der Waals surface area contributed by atoms with Crippen molar-refractivity contribution < 1.29 is 14.7 Å². The van der Waals surface area contributed by atoms with Gasteiger partial charge >= 0.3 is 12.0 Å². The normalized spacial score (nSPS) is 18.7. The van der Waals surface area contributed by atoms with Crippen molar-refractivity contribution >= 4 is 17.7 Å². The number of carbonyl (C=O) groups is 2. The molecule has 1 aromatic rings. The van der Waals surface area contributed by atoms with Gasteiger partial charge in [0.15, 0.2) is 0 Å². The molecule has 18 heavy (non-hydrogen) atoms. The monoisotopic (exact) mass is 248 g/mol. The minimum atomic E-state index is -0.862. The Hall–Kier alpha value is -2.04. The number of carboxylic acid groups (broad SMARTS) is 1. The Labute approximate surface area is 105 Å². The van der Waals surface area contributed by atoms with Crippen molar-refractivity contribution in [3.63, 3.8) is 0 Å². The molecule has 1 aliphatic rings. The summed E-state index contributed by atoms with van der Waals surface area (Å²) in [6, 6.07) is 8.76. The quantitative estimate of drug-likeness (QED) is 0.861. The number of para-hydroxylation sites is 1. The van der Waals surface area contributed by atoms with Crippen LogP contribution in [-0.2, 0) is 4.79 Å². The molecule has 0 aliphatic carbocycles. The number of urea groups is 1. The maximum Gasteiger partial charge on any atom is 0.322 e. The molecule has 5 heteroatoms. The minimum Gasteiger partial charge on any atom is -0.481 e. The average molecular weight is 248 g/mol. The van der Waals surface area contributed by atoms with E-state index in [1.807, 2.05) is 18.2 Å². The van der Waals surface area contributed by atoms with Gasteiger partial charge in [0.05, 0.1) is 6.42 Å². The summed E-state index contributed by atoms with van der Waals surface area (Å²) in [6.07, 6.45) is 1.64. The maximum absolute atomic E-state index is 12.0. The van der Waals surface area contributed by atoms with Gasteiger partial charge in [-0.1, -0.05) is 18.2 Å². The van der Waals surface area contributed by atoms with Crippen LogP contribution in [0.15, 0.2) is 30.3 Å². The second-order valence-electron chi connectivity index (χ2n) is 4.38. The fourth-order valence-corrected chi connectivity index (χ4v) is 2.23. The van der Waals surface area contributed by atoms with E-state index in [1.165, 1.54) is 0 Å². The van der Waals surface area contributed by atoms with E-state index >= 15 is 0 Å². The fraction of sp³-hybridized carbons (Fsp3) is 0.385. The van der Waals surface area contributed by atoms with E-state index in [1.54, 1.807) is 17.0 Å². The van der Waals surface area contributed by atoms with Gasteiger partial charge in [-0.3, -0.25) is 4.79 Å². The number of aliphatic carboxylic acids is 1. The van der Waals surface area contributed by atoms with E-state index in [0.717, 1.165) is 18.5 Å². The van der Waals surface area contributed by atoms with Crippen LogP contribution >= 0.6 is 0 Å². The molecule has 1 saturated heterocycles. The van der Waals surface area contributed by atoms with Crippen LogP contribution < -0.4 is 5.32 Å².